The summed E-state index contributed by atoms with van der Waals surface area (Å²) in [4.78, 5) is 0. The first kappa shape index (κ1) is 23.4. The lowest BCUT2D eigenvalue weighted by Crippen LogP contribution is -1.89. The molecule has 0 bridgehead atoms. The normalized spacial score (nSPS) is 12.8. The number of hydrogen-bond donors (Lipinski definition) is 0. The quantitative estimate of drug-likeness (QED) is 0.180. The van der Waals surface area contributed by atoms with Gasteiger partial charge in [0.15, 0.2) is 0 Å². The van der Waals surface area contributed by atoms with Gasteiger partial charge in [-0.3, -0.25) is 0 Å². The SMILES string of the molecule is c1cc2c3c(c1)ccc1ccc4c(-c5cccc6c(-c7ccc8c9c7ccc7ccc%10cccc-8c%10c79)cccc56)ccc-2c4c13. The Bertz CT molecular complexity index is 2860. The highest BCUT2D eigenvalue weighted by molar-refractivity contribution is 6.36. The Balaban J connectivity index is 1.14. The molecule has 2 aliphatic carbocycles. The van der Waals surface area contributed by atoms with Crippen LogP contribution in [0.5, 0.6) is 0 Å². The molecule has 0 radical (unpaired) electrons. The van der Waals surface area contributed by atoms with Crippen molar-refractivity contribution in [1.29, 1.82) is 0 Å². The third-order valence-electron chi connectivity index (χ3n) is 11.1. The molecule has 0 atom stereocenters. The molecule has 0 spiro atoms. The third-order valence-corrected chi connectivity index (χ3v) is 11.1. The summed E-state index contributed by atoms with van der Waals surface area (Å²) in [7, 11) is 0. The van der Waals surface area contributed by atoms with Crippen LogP contribution in [0.4, 0.5) is 0 Å². The molecular formula is C46H24. The molecule has 208 valence electrons. The molecule has 12 rings (SSSR count). The van der Waals surface area contributed by atoms with E-state index in [1.807, 2.05) is 0 Å². The van der Waals surface area contributed by atoms with Crippen LogP contribution < -0.4 is 0 Å². The number of fused-ring (bicyclic) bond motifs is 3. The van der Waals surface area contributed by atoms with Gasteiger partial charge in [-0.05, 0) is 120 Å². The Morgan fingerprint density at radius 3 is 0.978 bits per heavy atom. The van der Waals surface area contributed by atoms with E-state index in [9.17, 15) is 0 Å². The lowest BCUT2D eigenvalue weighted by Gasteiger charge is -2.16. The molecule has 2 aliphatic rings. The third kappa shape index (κ3) is 2.66. The monoisotopic (exact) mass is 576 g/mol. The lowest BCUT2D eigenvalue weighted by molar-refractivity contribution is 1.67. The molecule has 0 heteroatoms. The van der Waals surface area contributed by atoms with E-state index in [1.165, 1.54) is 120 Å². The molecule has 0 saturated heterocycles. The zero-order chi connectivity index (χ0) is 29.7. The first-order chi connectivity index (χ1) is 22.8. The summed E-state index contributed by atoms with van der Waals surface area (Å²) in [6.07, 6.45) is 0. The summed E-state index contributed by atoms with van der Waals surface area (Å²) in [5.41, 5.74) is 10.6. The Kier molecular flexibility index (Phi) is 4.07. The van der Waals surface area contributed by atoms with Crippen molar-refractivity contribution in [3.8, 4) is 44.5 Å². The van der Waals surface area contributed by atoms with Crippen LogP contribution in [0.1, 0.15) is 0 Å². The summed E-state index contributed by atoms with van der Waals surface area (Å²) in [6.45, 7) is 0. The molecule has 0 aromatic heterocycles. The van der Waals surface area contributed by atoms with Gasteiger partial charge in [0.25, 0.3) is 0 Å². The van der Waals surface area contributed by atoms with Gasteiger partial charge < -0.3 is 0 Å². The van der Waals surface area contributed by atoms with E-state index in [0.29, 0.717) is 0 Å². The molecule has 0 saturated carbocycles. The summed E-state index contributed by atoms with van der Waals surface area (Å²) in [5, 5.41) is 19.0. The Hall–Kier alpha value is -5.98. The second-order valence-corrected chi connectivity index (χ2v) is 13.1. The van der Waals surface area contributed by atoms with E-state index < -0.39 is 0 Å². The standard InChI is InChI=1S/C46H24/c1-5-25-13-15-27-17-19-37-33(21-23-39-35(11-1)41(25)43(27)45(37)39)31-9-3-8-30-29(31)7-4-10-32(30)34-22-24-40-36-12-2-6-26-14-16-28-18-20-38(34)46(40)44(28)42(26)36/h1-24H. The topological polar surface area (TPSA) is 0 Å². The molecule has 0 fully saturated rings. The van der Waals surface area contributed by atoms with Crippen LogP contribution >= 0.6 is 0 Å². The van der Waals surface area contributed by atoms with Gasteiger partial charge in [-0.25, -0.2) is 0 Å². The maximum absolute atomic E-state index is 2.36. The van der Waals surface area contributed by atoms with Crippen LogP contribution in [0.3, 0.4) is 0 Å². The van der Waals surface area contributed by atoms with Crippen molar-refractivity contribution in [1.82, 2.24) is 0 Å². The summed E-state index contributed by atoms with van der Waals surface area (Å²) < 4.78 is 0. The Labute approximate surface area is 264 Å². The van der Waals surface area contributed by atoms with E-state index in [2.05, 4.69) is 146 Å². The number of hydrogen-bond acceptors (Lipinski definition) is 0. The van der Waals surface area contributed by atoms with Crippen LogP contribution in [0.2, 0.25) is 0 Å². The number of benzene rings is 10. The zero-order valence-electron chi connectivity index (χ0n) is 24.9. The van der Waals surface area contributed by atoms with Crippen molar-refractivity contribution < 1.29 is 0 Å². The fraction of sp³-hybridized carbons (Fsp3) is 0. The molecule has 10 aromatic carbocycles. The van der Waals surface area contributed by atoms with Gasteiger partial charge in [0.05, 0.1) is 0 Å². The zero-order valence-corrected chi connectivity index (χ0v) is 24.9. The van der Waals surface area contributed by atoms with E-state index in [-0.39, 0.29) is 0 Å². The fourth-order valence-electron chi connectivity index (χ4n) is 9.22. The summed E-state index contributed by atoms with van der Waals surface area (Å²) >= 11 is 0. The lowest BCUT2D eigenvalue weighted by atomic mass is 9.87. The molecule has 0 N–H and O–H groups in total. The van der Waals surface area contributed by atoms with Crippen molar-refractivity contribution in [2.75, 3.05) is 0 Å². The smallest absolute Gasteiger partial charge is 0.00139 e. The van der Waals surface area contributed by atoms with E-state index >= 15 is 0 Å². The van der Waals surface area contributed by atoms with Crippen LogP contribution in [-0.2, 0) is 0 Å². The predicted octanol–water partition coefficient (Wildman–Crippen LogP) is 13.1. The maximum Gasteiger partial charge on any atom is -0.00139 e. The molecule has 0 nitrogen and oxygen atoms in total. The average molecular weight is 577 g/mol. The molecule has 0 amide bonds. The maximum atomic E-state index is 2.36. The van der Waals surface area contributed by atoms with E-state index in [1.54, 1.807) is 0 Å². The minimum Gasteiger partial charge on any atom is -0.0610 e. The largest absolute Gasteiger partial charge is 0.0610 e. The molecule has 10 aromatic rings. The van der Waals surface area contributed by atoms with Crippen molar-refractivity contribution in [2.24, 2.45) is 0 Å². The van der Waals surface area contributed by atoms with Gasteiger partial charge in [0, 0.05) is 0 Å². The second-order valence-electron chi connectivity index (χ2n) is 13.1. The van der Waals surface area contributed by atoms with Gasteiger partial charge in [-0.2, -0.15) is 0 Å². The van der Waals surface area contributed by atoms with Crippen molar-refractivity contribution in [2.45, 2.75) is 0 Å². The minimum atomic E-state index is 1.29. The summed E-state index contributed by atoms with van der Waals surface area (Å²) in [5.74, 6) is 0. The second kappa shape index (κ2) is 7.99. The summed E-state index contributed by atoms with van der Waals surface area (Å²) in [6, 6.07) is 55.1. The molecule has 0 aliphatic heterocycles. The Morgan fingerprint density at radius 1 is 0.174 bits per heavy atom. The van der Waals surface area contributed by atoms with Crippen molar-refractivity contribution in [3.63, 3.8) is 0 Å². The highest BCUT2D eigenvalue weighted by Gasteiger charge is 2.24. The Morgan fingerprint density at radius 2 is 0.500 bits per heavy atom. The van der Waals surface area contributed by atoms with Gasteiger partial charge in [0.1, 0.15) is 0 Å². The van der Waals surface area contributed by atoms with E-state index in [4.69, 9.17) is 0 Å². The highest BCUT2D eigenvalue weighted by atomic mass is 14.3. The van der Waals surface area contributed by atoms with Gasteiger partial charge in [-0.1, -0.05) is 146 Å². The first-order valence-electron chi connectivity index (χ1n) is 16.2. The van der Waals surface area contributed by atoms with Crippen LogP contribution in [0, 0.1) is 0 Å². The molecular weight excluding hydrogens is 553 g/mol. The van der Waals surface area contributed by atoms with Crippen LogP contribution in [0.25, 0.3) is 120 Å². The molecule has 46 heavy (non-hydrogen) atoms. The number of rotatable bonds is 2. The van der Waals surface area contributed by atoms with Crippen molar-refractivity contribution >= 4 is 75.4 Å². The first-order valence-corrected chi connectivity index (χ1v) is 16.2. The van der Waals surface area contributed by atoms with Crippen LogP contribution in [-0.4, -0.2) is 0 Å². The predicted molar refractivity (Wildman–Crippen MR) is 198 cm³/mol. The van der Waals surface area contributed by atoms with Crippen LogP contribution in [0.15, 0.2) is 146 Å². The molecule has 0 unspecified atom stereocenters. The fourth-order valence-corrected chi connectivity index (χ4v) is 9.22. The minimum absolute atomic E-state index is 1.29. The highest BCUT2D eigenvalue weighted by Crippen LogP contribution is 2.52. The average Bonchev–Trinajstić information content (AvgIpc) is 3.65. The molecule has 0 heterocycles. The van der Waals surface area contributed by atoms with E-state index in [0.717, 1.165) is 0 Å². The van der Waals surface area contributed by atoms with Crippen molar-refractivity contribution in [3.05, 3.63) is 146 Å². The van der Waals surface area contributed by atoms with Gasteiger partial charge >= 0.3 is 0 Å². The van der Waals surface area contributed by atoms with Gasteiger partial charge in [0.2, 0.25) is 0 Å². The van der Waals surface area contributed by atoms with Gasteiger partial charge in [-0.15, -0.1) is 0 Å².